The van der Waals surface area contributed by atoms with E-state index in [1.165, 1.54) is 25.1 Å². The summed E-state index contributed by atoms with van der Waals surface area (Å²) in [4.78, 5) is -0.00555. The van der Waals surface area contributed by atoms with E-state index < -0.39 is 15.8 Å². The molecule has 0 spiro atoms. The minimum atomic E-state index is -3.74. The van der Waals surface area contributed by atoms with Crippen LogP contribution in [0.4, 0.5) is 4.39 Å². The molecule has 1 heterocycles. The summed E-state index contributed by atoms with van der Waals surface area (Å²) in [5.74, 6) is -0.517. The van der Waals surface area contributed by atoms with E-state index in [1.54, 1.807) is 7.11 Å². The van der Waals surface area contributed by atoms with Gasteiger partial charge in [0.25, 0.3) is 0 Å². The molecule has 1 aromatic carbocycles. The first-order valence-corrected chi connectivity index (χ1v) is 8.83. The molecule has 1 aliphatic heterocycles. The van der Waals surface area contributed by atoms with E-state index in [4.69, 9.17) is 4.74 Å². The molecule has 1 aromatic rings. The lowest BCUT2D eigenvalue weighted by Gasteiger charge is -2.37. The summed E-state index contributed by atoms with van der Waals surface area (Å²) >= 11 is 0. The van der Waals surface area contributed by atoms with Gasteiger partial charge in [-0.2, -0.15) is 0 Å². The Morgan fingerprint density at radius 3 is 2.61 bits per heavy atom. The van der Waals surface area contributed by atoms with Crippen molar-refractivity contribution in [3.63, 3.8) is 0 Å². The second-order valence-electron chi connectivity index (χ2n) is 5.87. The van der Waals surface area contributed by atoms with Crippen molar-refractivity contribution < 1.29 is 17.5 Å². The highest BCUT2D eigenvalue weighted by atomic mass is 35.5. The van der Waals surface area contributed by atoms with Crippen LogP contribution in [0.2, 0.25) is 0 Å². The third-order valence-corrected chi connectivity index (χ3v) is 5.81. The Bertz CT molecular complexity index is 614. The Hall–Kier alpha value is -0.730. The number of methoxy groups -OCH3 is 1. The standard InChI is InChI=1S/C15H23FN2O3S.ClH/c1-12-13(16)4-3-5-14(12)22(19,20)18-10-15(11-21-2)6-8-17-9-7-15;/h3-5,17-18H,6-11H2,1-2H3;1H. The zero-order chi connectivity index (χ0) is 16.2. The molecule has 2 N–H and O–H groups in total. The maximum absolute atomic E-state index is 13.6. The fraction of sp³-hybridized carbons (Fsp3) is 0.600. The molecule has 0 aliphatic carbocycles. The molecule has 0 unspecified atom stereocenters. The van der Waals surface area contributed by atoms with Gasteiger partial charge in [0.05, 0.1) is 11.5 Å². The Labute approximate surface area is 143 Å². The summed E-state index contributed by atoms with van der Waals surface area (Å²) in [6.45, 7) is 3.94. The minimum absolute atomic E-state index is 0. The third-order valence-electron chi connectivity index (χ3n) is 4.26. The van der Waals surface area contributed by atoms with Crippen LogP contribution < -0.4 is 10.0 Å². The zero-order valence-corrected chi connectivity index (χ0v) is 15.0. The van der Waals surface area contributed by atoms with Gasteiger partial charge in [0.2, 0.25) is 10.0 Å². The maximum Gasteiger partial charge on any atom is 0.240 e. The van der Waals surface area contributed by atoms with Crippen LogP contribution in [0.25, 0.3) is 0 Å². The molecule has 1 saturated heterocycles. The highest BCUT2D eigenvalue weighted by Crippen LogP contribution is 2.29. The average Bonchev–Trinajstić information content (AvgIpc) is 2.49. The number of hydrogen-bond donors (Lipinski definition) is 2. The van der Waals surface area contributed by atoms with Crippen molar-refractivity contribution in [3.05, 3.63) is 29.6 Å². The van der Waals surface area contributed by atoms with Gasteiger partial charge in [0, 0.05) is 24.6 Å². The van der Waals surface area contributed by atoms with Gasteiger partial charge in [0.15, 0.2) is 0 Å². The van der Waals surface area contributed by atoms with Gasteiger partial charge in [-0.3, -0.25) is 0 Å². The Balaban J connectivity index is 0.00000264. The quantitative estimate of drug-likeness (QED) is 0.806. The van der Waals surface area contributed by atoms with Crippen molar-refractivity contribution in [1.29, 1.82) is 0 Å². The molecular weight excluding hydrogens is 343 g/mol. The van der Waals surface area contributed by atoms with Gasteiger partial charge < -0.3 is 10.1 Å². The molecule has 132 valence electrons. The Morgan fingerprint density at radius 1 is 1.35 bits per heavy atom. The minimum Gasteiger partial charge on any atom is -0.384 e. The molecule has 0 saturated carbocycles. The van der Waals surface area contributed by atoms with Gasteiger partial charge in [-0.25, -0.2) is 17.5 Å². The van der Waals surface area contributed by atoms with Crippen molar-refractivity contribution >= 4 is 22.4 Å². The molecule has 0 radical (unpaired) electrons. The van der Waals surface area contributed by atoms with Gasteiger partial charge in [-0.1, -0.05) is 6.07 Å². The van der Waals surface area contributed by atoms with Crippen LogP contribution in [-0.4, -0.2) is 41.8 Å². The number of piperidine rings is 1. The number of rotatable bonds is 6. The van der Waals surface area contributed by atoms with E-state index in [0.29, 0.717) is 13.2 Å². The molecule has 2 rings (SSSR count). The van der Waals surface area contributed by atoms with Crippen LogP contribution in [0.15, 0.2) is 23.1 Å². The van der Waals surface area contributed by atoms with Crippen molar-refractivity contribution in [3.8, 4) is 0 Å². The zero-order valence-electron chi connectivity index (χ0n) is 13.4. The normalized spacial score (nSPS) is 17.5. The summed E-state index contributed by atoms with van der Waals surface area (Å²) < 4.78 is 46.4. The Kier molecular flexibility index (Phi) is 7.41. The van der Waals surface area contributed by atoms with Gasteiger partial charge in [0.1, 0.15) is 5.82 Å². The number of halogens is 2. The second-order valence-corrected chi connectivity index (χ2v) is 7.61. The van der Waals surface area contributed by atoms with E-state index in [9.17, 15) is 12.8 Å². The summed E-state index contributed by atoms with van der Waals surface area (Å²) in [5, 5.41) is 3.26. The van der Waals surface area contributed by atoms with Crippen molar-refractivity contribution in [2.24, 2.45) is 5.41 Å². The molecule has 0 aromatic heterocycles. The summed E-state index contributed by atoms with van der Waals surface area (Å²) in [5.41, 5.74) is -0.0741. The molecule has 0 bridgehead atoms. The first kappa shape index (κ1) is 20.3. The summed E-state index contributed by atoms with van der Waals surface area (Å²) in [7, 11) is -2.12. The van der Waals surface area contributed by atoms with Gasteiger partial charge >= 0.3 is 0 Å². The summed E-state index contributed by atoms with van der Waals surface area (Å²) in [6.07, 6.45) is 1.68. The lowest BCUT2D eigenvalue weighted by Crippen LogP contribution is -2.47. The monoisotopic (exact) mass is 366 g/mol. The number of nitrogens with one attached hydrogen (secondary N) is 2. The first-order valence-electron chi connectivity index (χ1n) is 7.35. The maximum atomic E-state index is 13.6. The van der Waals surface area contributed by atoms with Gasteiger partial charge in [-0.15, -0.1) is 12.4 Å². The SMILES string of the molecule is COCC1(CNS(=O)(=O)c2cccc(F)c2C)CCNCC1.Cl. The summed E-state index contributed by atoms with van der Waals surface area (Å²) in [6, 6.07) is 4.09. The van der Waals surface area contributed by atoms with Crippen molar-refractivity contribution in [1.82, 2.24) is 10.0 Å². The number of hydrogen-bond acceptors (Lipinski definition) is 4. The van der Waals surface area contributed by atoms with E-state index in [0.717, 1.165) is 25.9 Å². The van der Waals surface area contributed by atoms with E-state index in [1.807, 2.05) is 0 Å². The van der Waals surface area contributed by atoms with Crippen molar-refractivity contribution in [2.75, 3.05) is 33.4 Å². The highest BCUT2D eigenvalue weighted by Gasteiger charge is 2.34. The van der Waals surface area contributed by atoms with E-state index in [2.05, 4.69) is 10.0 Å². The number of benzene rings is 1. The number of ether oxygens (including phenoxy) is 1. The van der Waals surface area contributed by atoms with Crippen LogP contribution in [0.1, 0.15) is 18.4 Å². The van der Waals surface area contributed by atoms with Crippen LogP contribution >= 0.6 is 12.4 Å². The predicted molar refractivity (Wildman–Crippen MR) is 90.0 cm³/mol. The highest BCUT2D eigenvalue weighted by molar-refractivity contribution is 7.89. The van der Waals surface area contributed by atoms with Crippen LogP contribution in [0.3, 0.4) is 0 Å². The van der Waals surface area contributed by atoms with E-state index in [-0.39, 0.29) is 28.3 Å². The Morgan fingerprint density at radius 2 is 2.00 bits per heavy atom. The number of sulfonamides is 1. The fourth-order valence-corrected chi connectivity index (χ4v) is 4.25. The largest absolute Gasteiger partial charge is 0.384 e. The smallest absolute Gasteiger partial charge is 0.240 e. The van der Waals surface area contributed by atoms with Crippen LogP contribution in [-0.2, 0) is 14.8 Å². The molecule has 0 amide bonds. The lowest BCUT2D eigenvalue weighted by atomic mass is 9.80. The molecule has 23 heavy (non-hydrogen) atoms. The molecule has 5 nitrogen and oxygen atoms in total. The predicted octanol–water partition coefficient (Wildman–Crippen LogP) is 1.85. The first-order chi connectivity index (χ1) is 10.4. The molecular formula is C15H24ClFN2O3S. The molecule has 8 heteroatoms. The third kappa shape index (κ3) is 4.87. The van der Waals surface area contributed by atoms with Crippen molar-refractivity contribution in [2.45, 2.75) is 24.7 Å². The topological polar surface area (TPSA) is 67.4 Å². The molecule has 1 aliphatic rings. The molecule has 0 atom stereocenters. The van der Waals surface area contributed by atoms with Gasteiger partial charge in [-0.05, 0) is 45.0 Å². The fourth-order valence-electron chi connectivity index (χ4n) is 2.84. The molecule has 1 fully saturated rings. The van der Waals surface area contributed by atoms with Crippen LogP contribution in [0, 0.1) is 18.2 Å². The average molecular weight is 367 g/mol. The lowest BCUT2D eigenvalue weighted by molar-refractivity contribution is 0.0577. The van der Waals surface area contributed by atoms with Crippen LogP contribution in [0.5, 0.6) is 0 Å². The second kappa shape index (κ2) is 8.39. The van der Waals surface area contributed by atoms with E-state index >= 15 is 0 Å².